The Morgan fingerprint density at radius 2 is 1.88 bits per heavy atom. The first-order valence-electron chi connectivity index (χ1n) is 7.53. The third kappa shape index (κ3) is 6.15. The third-order valence-electron chi connectivity index (χ3n) is 3.55. The highest BCUT2D eigenvalue weighted by Gasteiger charge is 2.17. The van der Waals surface area contributed by atoms with E-state index < -0.39 is 21.8 Å². The van der Waals surface area contributed by atoms with Gasteiger partial charge in [-0.15, -0.1) is 17.5 Å². The molecular formula is C16H23ClN4O3S. The van der Waals surface area contributed by atoms with Crippen LogP contribution >= 0.6 is 12.4 Å². The number of aryl methyl sites for hydroxylation is 2. The van der Waals surface area contributed by atoms with Crippen molar-refractivity contribution < 1.29 is 13.2 Å². The van der Waals surface area contributed by atoms with Crippen LogP contribution in [0.2, 0.25) is 0 Å². The second-order valence-electron chi connectivity index (χ2n) is 5.93. The van der Waals surface area contributed by atoms with E-state index in [0.717, 1.165) is 23.2 Å². The smallest absolute Gasteiger partial charge is 0.242 e. The molecule has 138 valence electrons. The summed E-state index contributed by atoms with van der Waals surface area (Å²) in [7, 11) is -3.15. The fourth-order valence-electron chi connectivity index (χ4n) is 2.17. The second-order valence-corrected chi connectivity index (χ2v) is 8.19. The molecule has 2 rings (SSSR count). The normalized spacial score (nSPS) is 12.3. The molecule has 0 bridgehead atoms. The number of carbonyl (C=O) groups excluding carboxylic acids is 1. The predicted molar refractivity (Wildman–Crippen MR) is 101 cm³/mol. The minimum atomic E-state index is -3.15. The first-order chi connectivity index (χ1) is 11.2. The van der Waals surface area contributed by atoms with E-state index in [1.165, 1.54) is 0 Å². The number of nitrogens with one attached hydrogen (secondary N) is 1. The molecule has 1 unspecified atom stereocenters. The van der Waals surface area contributed by atoms with Gasteiger partial charge in [-0.1, -0.05) is 17.7 Å². The van der Waals surface area contributed by atoms with Gasteiger partial charge in [-0.3, -0.25) is 4.79 Å². The Balaban J connectivity index is 0.00000312. The number of benzene rings is 1. The van der Waals surface area contributed by atoms with Gasteiger partial charge in [0.25, 0.3) is 0 Å². The summed E-state index contributed by atoms with van der Waals surface area (Å²) in [4.78, 5) is 12.1. The van der Waals surface area contributed by atoms with E-state index in [1.807, 2.05) is 38.1 Å². The average Bonchev–Trinajstić information content (AvgIpc) is 2.85. The van der Waals surface area contributed by atoms with Crippen molar-refractivity contribution in [3.8, 4) is 5.69 Å². The molecule has 3 N–H and O–H groups in total. The van der Waals surface area contributed by atoms with Crippen LogP contribution in [0.4, 0.5) is 5.82 Å². The maximum absolute atomic E-state index is 12.1. The second kappa shape index (κ2) is 8.46. The third-order valence-corrected chi connectivity index (χ3v) is 4.53. The van der Waals surface area contributed by atoms with Gasteiger partial charge in [0.15, 0.2) is 5.82 Å². The standard InChI is InChI=1S/C16H22N4O3S.ClH/c1-11-4-6-13(7-5-11)20-12(2)10-15(19-20)18-16(21)14(17)8-9-24(3,22)23;/h4-7,10,14H,8-9,17H2,1-3H3,(H,18,19,21);1H. The molecule has 1 atom stereocenters. The van der Waals surface area contributed by atoms with Gasteiger partial charge in [0.1, 0.15) is 9.84 Å². The highest BCUT2D eigenvalue weighted by Crippen LogP contribution is 2.16. The molecule has 0 spiro atoms. The number of hydrogen-bond donors (Lipinski definition) is 2. The first-order valence-corrected chi connectivity index (χ1v) is 9.59. The minimum Gasteiger partial charge on any atom is -0.320 e. The largest absolute Gasteiger partial charge is 0.320 e. The van der Waals surface area contributed by atoms with Gasteiger partial charge in [0, 0.05) is 18.0 Å². The molecule has 0 aliphatic carbocycles. The van der Waals surface area contributed by atoms with Crippen molar-refractivity contribution in [2.75, 3.05) is 17.3 Å². The lowest BCUT2D eigenvalue weighted by Crippen LogP contribution is -2.37. The number of hydrogen-bond acceptors (Lipinski definition) is 5. The van der Waals surface area contributed by atoms with E-state index in [2.05, 4.69) is 10.4 Å². The van der Waals surface area contributed by atoms with Crippen molar-refractivity contribution >= 4 is 34.0 Å². The van der Waals surface area contributed by atoms with E-state index >= 15 is 0 Å². The van der Waals surface area contributed by atoms with Crippen LogP contribution in [-0.2, 0) is 14.6 Å². The van der Waals surface area contributed by atoms with Crippen LogP contribution in [0, 0.1) is 13.8 Å². The van der Waals surface area contributed by atoms with E-state index in [9.17, 15) is 13.2 Å². The molecule has 0 aliphatic heterocycles. The Labute approximate surface area is 153 Å². The molecule has 1 aromatic heterocycles. The zero-order chi connectivity index (χ0) is 17.9. The van der Waals surface area contributed by atoms with Crippen LogP contribution in [0.5, 0.6) is 0 Å². The molecule has 1 amide bonds. The fraction of sp³-hybridized carbons (Fsp3) is 0.375. The monoisotopic (exact) mass is 386 g/mol. The van der Waals surface area contributed by atoms with E-state index in [0.29, 0.717) is 5.82 Å². The summed E-state index contributed by atoms with van der Waals surface area (Å²) < 4.78 is 24.0. The lowest BCUT2D eigenvalue weighted by molar-refractivity contribution is -0.117. The molecule has 2 aromatic rings. The molecule has 0 radical (unpaired) electrons. The van der Waals surface area contributed by atoms with Gasteiger partial charge in [-0.05, 0) is 32.4 Å². The number of amides is 1. The zero-order valence-corrected chi connectivity index (χ0v) is 16.0. The van der Waals surface area contributed by atoms with E-state index in [1.54, 1.807) is 10.7 Å². The van der Waals surface area contributed by atoms with Crippen molar-refractivity contribution in [1.82, 2.24) is 9.78 Å². The van der Waals surface area contributed by atoms with E-state index in [-0.39, 0.29) is 24.6 Å². The Hall–Kier alpha value is -1.90. The predicted octanol–water partition coefficient (Wildman–Crippen LogP) is 1.61. The summed E-state index contributed by atoms with van der Waals surface area (Å²) in [6.07, 6.45) is 1.19. The summed E-state index contributed by atoms with van der Waals surface area (Å²) in [5, 5.41) is 6.98. The molecule has 0 saturated carbocycles. The topological polar surface area (TPSA) is 107 Å². The van der Waals surface area contributed by atoms with Crippen molar-refractivity contribution in [3.63, 3.8) is 0 Å². The van der Waals surface area contributed by atoms with Crippen molar-refractivity contribution in [2.45, 2.75) is 26.3 Å². The van der Waals surface area contributed by atoms with Gasteiger partial charge >= 0.3 is 0 Å². The molecule has 0 aliphatic rings. The van der Waals surface area contributed by atoms with Crippen LogP contribution in [-0.4, -0.2) is 42.2 Å². The van der Waals surface area contributed by atoms with E-state index in [4.69, 9.17) is 5.73 Å². The molecule has 1 heterocycles. The van der Waals surface area contributed by atoms with Crippen LogP contribution in [0.15, 0.2) is 30.3 Å². The van der Waals surface area contributed by atoms with Crippen LogP contribution in [0.25, 0.3) is 5.69 Å². The van der Waals surface area contributed by atoms with Gasteiger partial charge in [-0.2, -0.15) is 0 Å². The molecule has 9 heteroatoms. The molecule has 25 heavy (non-hydrogen) atoms. The van der Waals surface area contributed by atoms with Crippen molar-refractivity contribution in [3.05, 3.63) is 41.6 Å². The summed E-state index contributed by atoms with van der Waals surface area (Å²) in [5.74, 6) is -0.196. The first kappa shape index (κ1) is 21.1. The minimum absolute atomic E-state index is 0. The number of aromatic nitrogens is 2. The lowest BCUT2D eigenvalue weighted by Gasteiger charge is -2.10. The summed E-state index contributed by atoms with van der Waals surface area (Å²) >= 11 is 0. The number of nitrogens with two attached hydrogens (primary N) is 1. The number of sulfone groups is 1. The van der Waals surface area contributed by atoms with Crippen LogP contribution < -0.4 is 11.1 Å². The summed E-state index contributed by atoms with van der Waals surface area (Å²) in [6.45, 7) is 3.88. The molecular weight excluding hydrogens is 364 g/mol. The van der Waals surface area contributed by atoms with Gasteiger partial charge < -0.3 is 11.1 Å². The molecule has 0 fully saturated rings. The average molecular weight is 387 g/mol. The van der Waals surface area contributed by atoms with Crippen LogP contribution in [0.3, 0.4) is 0 Å². The Bertz CT molecular complexity index is 832. The quantitative estimate of drug-likeness (QED) is 0.784. The molecule has 0 saturated heterocycles. The number of halogens is 1. The highest BCUT2D eigenvalue weighted by atomic mass is 35.5. The van der Waals surface area contributed by atoms with Crippen molar-refractivity contribution in [1.29, 1.82) is 0 Å². The number of anilines is 1. The summed E-state index contributed by atoms with van der Waals surface area (Å²) in [5.41, 5.74) is 8.63. The van der Waals surface area contributed by atoms with Crippen molar-refractivity contribution in [2.24, 2.45) is 5.73 Å². The Morgan fingerprint density at radius 1 is 1.28 bits per heavy atom. The summed E-state index contributed by atoms with van der Waals surface area (Å²) in [6, 6.07) is 8.69. The van der Waals surface area contributed by atoms with Gasteiger partial charge in [0.2, 0.25) is 5.91 Å². The fourth-order valence-corrected chi connectivity index (χ4v) is 2.86. The number of rotatable bonds is 6. The SMILES string of the molecule is Cc1ccc(-n2nc(NC(=O)C(N)CCS(C)(=O)=O)cc2C)cc1.Cl. The zero-order valence-electron chi connectivity index (χ0n) is 14.4. The maximum atomic E-state index is 12.1. The van der Waals surface area contributed by atoms with Gasteiger partial charge in [-0.25, -0.2) is 13.1 Å². The highest BCUT2D eigenvalue weighted by molar-refractivity contribution is 7.90. The number of carbonyl (C=O) groups is 1. The Morgan fingerprint density at radius 3 is 2.44 bits per heavy atom. The maximum Gasteiger partial charge on any atom is 0.242 e. The number of nitrogens with zero attached hydrogens (tertiary/aromatic N) is 2. The molecule has 7 nitrogen and oxygen atoms in total. The van der Waals surface area contributed by atoms with Crippen LogP contribution in [0.1, 0.15) is 17.7 Å². The van der Waals surface area contributed by atoms with Gasteiger partial charge in [0.05, 0.1) is 17.5 Å². The molecule has 1 aromatic carbocycles. The lowest BCUT2D eigenvalue weighted by atomic mass is 10.2. The Kier molecular flexibility index (Phi) is 7.16.